The van der Waals surface area contributed by atoms with Gasteiger partial charge in [0.25, 0.3) is 0 Å². The van der Waals surface area contributed by atoms with Crippen LogP contribution in [0.25, 0.3) is 0 Å². The largest absolute Gasteiger partial charge is 0.481 e. The minimum atomic E-state index is -0.958. The Bertz CT molecular complexity index is 325. The molecule has 108 valence electrons. The zero-order chi connectivity index (χ0) is 14.1. The van der Waals surface area contributed by atoms with Gasteiger partial charge in [0.05, 0.1) is 13.0 Å². The monoisotopic (exact) mass is 270 g/mol. The molecule has 19 heavy (non-hydrogen) atoms. The molecule has 0 saturated heterocycles. The molecule has 0 aromatic heterocycles. The van der Waals surface area contributed by atoms with Crippen molar-refractivity contribution in [2.75, 3.05) is 13.1 Å². The molecule has 0 aliphatic heterocycles. The average Bonchev–Trinajstić information content (AvgIpc) is 2.86. The Labute approximate surface area is 112 Å². The van der Waals surface area contributed by atoms with Crippen molar-refractivity contribution < 1.29 is 19.5 Å². The number of hydrogen-bond donors (Lipinski definition) is 3. The summed E-state index contributed by atoms with van der Waals surface area (Å²) in [4.78, 5) is 33.0. The van der Waals surface area contributed by atoms with Gasteiger partial charge in [0.1, 0.15) is 0 Å². The van der Waals surface area contributed by atoms with Crippen molar-refractivity contribution in [2.24, 2.45) is 5.92 Å². The number of nitrogens with one attached hydrogen (secondary N) is 2. The van der Waals surface area contributed by atoms with Crippen LogP contribution in [0.1, 0.15) is 44.9 Å². The lowest BCUT2D eigenvalue weighted by Crippen LogP contribution is -2.37. The van der Waals surface area contributed by atoms with Crippen LogP contribution in [-0.2, 0) is 14.4 Å². The summed E-state index contributed by atoms with van der Waals surface area (Å²) in [5.41, 5.74) is 0. The lowest BCUT2D eigenvalue weighted by molar-refractivity contribution is -0.137. The van der Waals surface area contributed by atoms with Gasteiger partial charge in [0, 0.05) is 13.0 Å². The van der Waals surface area contributed by atoms with Gasteiger partial charge in [-0.05, 0) is 12.3 Å². The number of carbonyl (C=O) groups excluding carboxylic acids is 2. The molecule has 0 radical (unpaired) electrons. The highest BCUT2D eigenvalue weighted by atomic mass is 16.4. The van der Waals surface area contributed by atoms with Gasteiger partial charge < -0.3 is 15.7 Å². The standard InChI is InChI=1S/C13H22N2O4/c16-11(6-5-10-3-1-2-4-10)15-9-12(17)14-8-7-13(18)19/h10H,1-9H2,(H,14,17)(H,15,16)(H,18,19). The van der Waals surface area contributed by atoms with E-state index in [2.05, 4.69) is 10.6 Å². The van der Waals surface area contributed by atoms with Crippen molar-refractivity contribution in [2.45, 2.75) is 44.9 Å². The molecular formula is C13H22N2O4. The fourth-order valence-corrected chi connectivity index (χ4v) is 2.27. The summed E-state index contributed by atoms with van der Waals surface area (Å²) in [7, 11) is 0. The molecule has 0 spiro atoms. The van der Waals surface area contributed by atoms with Gasteiger partial charge in [-0.25, -0.2) is 0 Å². The molecule has 3 N–H and O–H groups in total. The molecule has 0 unspecified atom stereocenters. The maximum Gasteiger partial charge on any atom is 0.305 e. The third kappa shape index (κ3) is 7.43. The van der Waals surface area contributed by atoms with Crippen LogP contribution in [0.2, 0.25) is 0 Å². The van der Waals surface area contributed by atoms with E-state index in [1.807, 2.05) is 0 Å². The van der Waals surface area contributed by atoms with Crippen LogP contribution in [0, 0.1) is 5.92 Å². The Balaban J connectivity index is 2.01. The Morgan fingerprint density at radius 2 is 1.68 bits per heavy atom. The Morgan fingerprint density at radius 3 is 2.32 bits per heavy atom. The van der Waals surface area contributed by atoms with Gasteiger partial charge in [0.15, 0.2) is 0 Å². The lowest BCUT2D eigenvalue weighted by Gasteiger charge is -2.09. The number of carboxylic acids is 1. The van der Waals surface area contributed by atoms with Gasteiger partial charge in [0.2, 0.25) is 11.8 Å². The third-order valence-electron chi connectivity index (χ3n) is 3.36. The number of amides is 2. The predicted molar refractivity (Wildman–Crippen MR) is 69.5 cm³/mol. The second-order valence-electron chi connectivity index (χ2n) is 4.96. The van der Waals surface area contributed by atoms with E-state index in [1.54, 1.807) is 0 Å². The van der Waals surface area contributed by atoms with Crippen molar-refractivity contribution in [3.63, 3.8) is 0 Å². The summed E-state index contributed by atoms with van der Waals surface area (Å²) < 4.78 is 0. The molecule has 1 aliphatic carbocycles. The Morgan fingerprint density at radius 1 is 1.00 bits per heavy atom. The first kappa shape index (κ1) is 15.5. The van der Waals surface area contributed by atoms with E-state index >= 15 is 0 Å². The molecule has 1 saturated carbocycles. The van der Waals surface area contributed by atoms with Crippen molar-refractivity contribution in [3.8, 4) is 0 Å². The predicted octanol–water partition coefficient (Wildman–Crippen LogP) is 0.664. The molecule has 1 aliphatic rings. The smallest absolute Gasteiger partial charge is 0.305 e. The summed E-state index contributed by atoms with van der Waals surface area (Å²) >= 11 is 0. The topological polar surface area (TPSA) is 95.5 Å². The molecule has 1 fully saturated rings. The van der Waals surface area contributed by atoms with Crippen LogP contribution >= 0.6 is 0 Å². The number of carboxylic acid groups (broad SMARTS) is 1. The SMILES string of the molecule is O=C(O)CCNC(=O)CNC(=O)CCC1CCCC1. The fraction of sp³-hybridized carbons (Fsp3) is 0.769. The van der Waals surface area contributed by atoms with E-state index in [4.69, 9.17) is 5.11 Å². The summed E-state index contributed by atoms with van der Waals surface area (Å²) in [6.45, 7) is 0.00916. The van der Waals surface area contributed by atoms with Crippen molar-refractivity contribution in [3.05, 3.63) is 0 Å². The first-order valence-electron chi connectivity index (χ1n) is 6.83. The maximum atomic E-state index is 11.5. The summed E-state index contributed by atoms with van der Waals surface area (Å²) in [6.07, 6.45) is 6.20. The van der Waals surface area contributed by atoms with Crippen molar-refractivity contribution >= 4 is 17.8 Å². The van der Waals surface area contributed by atoms with Crippen LogP contribution in [0.3, 0.4) is 0 Å². The highest BCUT2D eigenvalue weighted by molar-refractivity contribution is 5.84. The van der Waals surface area contributed by atoms with Gasteiger partial charge in [-0.1, -0.05) is 25.7 Å². The molecule has 0 heterocycles. The van der Waals surface area contributed by atoms with Crippen LogP contribution in [-0.4, -0.2) is 36.0 Å². The van der Waals surface area contributed by atoms with E-state index in [9.17, 15) is 14.4 Å². The quantitative estimate of drug-likeness (QED) is 0.604. The Kier molecular flexibility index (Phi) is 6.92. The lowest BCUT2D eigenvalue weighted by atomic mass is 10.0. The van der Waals surface area contributed by atoms with E-state index in [0.717, 1.165) is 6.42 Å². The van der Waals surface area contributed by atoms with Gasteiger partial charge in [-0.15, -0.1) is 0 Å². The normalized spacial score (nSPS) is 15.2. The highest BCUT2D eigenvalue weighted by Gasteiger charge is 2.16. The molecule has 0 aromatic carbocycles. The first-order chi connectivity index (χ1) is 9.08. The molecule has 6 heteroatoms. The number of hydrogen-bond acceptors (Lipinski definition) is 3. The van der Waals surface area contributed by atoms with Crippen LogP contribution in [0.4, 0.5) is 0 Å². The maximum absolute atomic E-state index is 11.5. The van der Waals surface area contributed by atoms with Gasteiger partial charge in [-0.2, -0.15) is 0 Å². The average molecular weight is 270 g/mol. The van der Waals surface area contributed by atoms with E-state index in [0.29, 0.717) is 12.3 Å². The summed E-state index contributed by atoms with van der Waals surface area (Å²) in [6, 6.07) is 0. The highest BCUT2D eigenvalue weighted by Crippen LogP contribution is 2.28. The van der Waals surface area contributed by atoms with Crippen molar-refractivity contribution in [1.29, 1.82) is 0 Å². The molecule has 0 bridgehead atoms. The zero-order valence-corrected chi connectivity index (χ0v) is 11.1. The number of rotatable bonds is 8. The first-order valence-corrected chi connectivity index (χ1v) is 6.83. The van der Waals surface area contributed by atoms with Crippen LogP contribution in [0.15, 0.2) is 0 Å². The molecule has 1 rings (SSSR count). The van der Waals surface area contributed by atoms with E-state index in [-0.39, 0.29) is 31.3 Å². The summed E-state index contributed by atoms with van der Waals surface area (Å²) in [5.74, 6) is -0.758. The second-order valence-corrected chi connectivity index (χ2v) is 4.96. The Hall–Kier alpha value is -1.59. The molecular weight excluding hydrogens is 248 g/mol. The zero-order valence-electron chi connectivity index (χ0n) is 11.1. The van der Waals surface area contributed by atoms with E-state index < -0.39 is 5.97 Å². The molecule has 2 amide bonds. The minimum absolute atomic E-state index is 0.0802. The second kappa shape index (κ2) is 8.50. The van der Waals surface area contributed by atoms with Crippen LogP contribution in [0.5, 0.6) is 0 Å². The minimum Gasteiger partial charge on any atom is -0.481 e. The van der Waals surface area contributed by atoms with Gasteiger partial charge >= 0.3 is 5.97 Å². The van der Waals surface area contributed by atoms with E-state index in [1.165, 1.54) is 25.7 Å². The molecule has 0 atom stereocenters. The third-order valence-corrected chi connectivity index (χ3v) is 3.36. The van der Waals surface area contributed by atoms with Gasteiger partial charge in [-0.3, -0.25) is 14.4 Å². The molecule has 6 nitrogen and oxygen atoms in total. The number of carbonyl (C=O) groups is 3. The fourth-order valence-electron chi connectivity index (χ4n) is 2.27. The summed E-state index contributed by atoms with van der Waals surface area (Å²) in [5, 5.41) is 13.4. The van der Waals surface area contributed by atoms with Crippen LogP contribution < -0.4 is 10.6 Å². The number of aliphatic carboxylic acids is 1. The van der Waals surface area contributed by atoms with Crippen molar-refractivity contribution in [1.82, 2.24) is 10.6 Å². The molecule has 0 aromatic rings.